The highest BCUT2D eigenvalue weighted by Crippen LogP contribution is 2.34. The van der Waals surface area contributed by atoms with E-state index in [9.17, 15) is 0 Å². The van der Waals surface area contributed by atoms with E-state index < -0.39 is 0 Å². The number of nitrogens with zero attached hydrogens (tertiary/aromatic N) is 2. The van der Waals surface area contributed by atoms with E-state index in [0.29, 0.717) is 21.8 Å². The summed E-state index contributed by atoms with van der Waals surface area (Å²) in [5.41, 5.74) is 0.718. The van der Waals surface area contributed by atoms with E-state index in [1.807, 2.05) is 6.92 Å². The summed E-state index contributed by atoms with van der Waals surface area (Å²) in [6.45, 7) is 2.04. The number of benzene rings is 1. The summed E-state index contributed by atoms with van der Waals surface area (Å²) in [5.74, 6) is 1.27. The van der Waals surface area contributed by atoms with Gasteiger partial charge in [0, 0.05) is 16.9 Å². The van der Waals surface area contributed by atoms with Gasteiger partial charge in [-0.15, -0.1) is 11.3 Å². The Labute approximate surface area is 136 Å². The molecule has 4 nitrogen and oxygen atoms in total. The highest BCUT2D eigenvalue weighted by Gasteiger charge is 2.12. The standard InChI is InChI=1S/C14H12Cl2N4S/c1-7-5-9-12(19-14(17-2)20-13(9)21-7)18-11-6-8(15)3-4-10(11)16/h3-6H,1-2H3,(H2,17,18,19,20). The first-order valence-electron chi connectivity index (χ1n) is 6.25. The summed E-state index contributed by atoms with van der Waals surface area (Å²) < 4.78 is 0. The van der Waals surface area contributed by atoms with Gasteiger partial charge in [0.15, 0.2) is 0 Å². The molecule has 0 amide bonds. The molecule has 0 aliphatic heterocycles. The maximum absolute atomic E-state index is 6.20. The van der Waals surface area contributed by atoms with Gasteiger partial charge in [0.25, 0.3) is 0 Å². The molecule has 0 aliphatic rings. The second kappa shape index (κ2) is 5.67. The Morgan fingerprint density at radius 2 is 1.95 bits per heavy atom. The van der Waals surface area contributed by atoms with Crippen LogP contribution in [0.3, 0.4) is 0 Å². The van der Waals surface area contributed by atoms with Crippen molar-refractivity contribution in [3.05, 3.63) is 39.2 Å². The fraction of sp³-hybridized carbons (Fsp3) is 0.143. The minimum atomic E-state index is 0.560. The monoisotopic (exact) mass is 338 g/mol. The van der Waals surface area contributed by atoms with Crippen molar-refractivity contribution in [3.8, 4) is 0 Å². The van der Waals surface area contributed by atoms with Crippen LogP contribution in [0.1, 0.15) is 4.88 Å². The van der Waals surface area contributed by atoms with E-state index in [4.69, 9.17) is 23.2 Å². The molecule has 1 aromatic carbocycles. The average molecular weight is 339 g/mol. The van der Waals surface area contributed by atoms with Crippen molar-refractivity contribution in [1.82, 2.24) is 9.97 Å². The summed E-state index contributed by atoms with van der Waals surface area (Å²) in [4.78, 5) is 11.0. The molecule has 0 bridgehead atoms. The minimum absolute atomic E-state index is 0.560. The van der Waals surface area contributed by atoms with Gasteiger partial charge in [0.1, 0.15) is 10.6 Å². The molecule has 0 fully saturated rings. The van der Waals surface area contributed by atoms with E-state index >= 15 is 0 Å². The normalized spacial score (nSPS) is 10.9. The second-order valence-corrected chi connectivity index (χ2v) is 6.55. The van der Waals surface area contributed by atoms with Crippen LogP contribution in [0, 0.1) is 6.92 Å². The van der Waals surface area contributed by atoms with Crippen molar-refractivity contribution < 1.29 is 0 Å². The minimum Gasteiger partial charge on any atom is -0.357 e. The number of nitrogens with one attached hydrogen (secondary N) is 2. The van der Waals surface area contributed by atoms with Crippen LogP contribution in [0.15, 0.2) is 24.3 Å². The molecule has 0 unspecified atom stereocenters. The Morgan fingerprint density at radius 1 is 1.14 bits per heavy atom. The predicted octanol–water partition coefficient (Wildman–Crippen LogP) is 5.09. The van der Waals surface area contributed by atoms with Crippen molar-refractivity contribution >= 4 is 62.2 Å². The Hall–Kier alpha value is -1.56. The Kier molecular flexibility index (Phi) is 3.89. The number of aromatic nitrogens is 2. The largest absolute Gasteiger partial charge is 0.357 e. The summed E-state index contributed by atoms with van der Waals surface area (Å²) in [5, 5.41) is 8.38. The van der Waals surface area contributed by atoms with Crippen molar-refractivity contribution in [2.75, 3.05) is 17.7 Å². The van der Waals surface area contributed by atoms with Crippen LogP contribution < -0.4 is 10.6 Å². The van der Waals surface area contributed by atoms with E-state index in [1.54, 1.807) is 36.6 Å². The third-order valence-corrected chi connectivity index (χ3v) is 4.43. The number of halogens is 2. The van der Waals surface area contributed by atoms with Crippen LogP contribution in [-0.4, -0.2) is 17.0 Å². The Bertz CT molecular complexity index is 816. The molecule has 2 aromatic heterocycles. The molecule has 3 aromatic rings. The van der Waals surface area contributed by atoms with Crippen molar-refractivity contribution in [2.24, 2.45) is 0 Å². The van der Waals surface area contributed by atoms with Gasteiger partial charge in [-0.25, -0.2) is 4.98 Å². The van der Waals surface area contributed by atoms with Crippen LogP contribution in [0.25, 0.3) is 10.2 Å². The molecule has 0 atom stereocenters. The summed E-state index contributed by atoms with van der Waals surface area (Å²) in [6, 6.07) is 7.33. The average Bonchev–Trinajstić information content (AvgIpc) is 2.83. The SMILES string of the molecule is CNc1nc(Nc2cc(Cl)ccc2Cl)c2cc(C)sc2n1. The maximum atomic E-state index is 6.20. The number of aryl methyl sites for hydroxylation is 1. The highest BCUT2D eigenvalue weighted by molar-refractivity contribution is 7.18. The predicted molar refractivity (Wildman–Crippen MR) is 91.4 cm³/mol. The van der Waals surface area contributed by atoms with Crippen molar-refractivity contribution in [1.29, 1.82) is 0 Å². The quantitative estimate of drug-likeness (QED) is 0.698. The molecule has 0 spiro atoms. The van der Waals surface area contributed by atoms with Gasteiger partial charge in [-0.1, -0.05) is 23.2 Å². The lowest BCUT2D eigenvalue weighted by molar-refractivity contribution is 1.20. The van der Waals surface area contributed by atoms with Gasteiger partial charge >= 0.3 is 0 Å². The Balaban J connectivity index is 2.12. The first-order chi connectivity index (χ1) is 10.1. The van der Waals surface area contributed by atoms with Crippen LogP contribution in [0.5, 0.6) is 0 Å². The highest BCUT2D eigenvalue weighted by atomic mass is 35.5. The zero-order valence-corrected chi connectivity index (χ0v) is 13.7. The molecule has 2 heterocycles. The molecular formula is C14H12Cl2N4S. The maximum Gasteiger partial charge on any atom is 0.225 e. The van der Waals surface area contributed by atoms with E-state index in [2.05, 4.69) is 26.7 Å². The molecule has 0 saturated carbocycles. The third-order valence-electron chi connectivity index (χ3n) is 2.92. The van der Waals surface area contributed by atoms with Gasteiger partial charge in [-0.05, 0) is 31.2 Å². The van der Waals surface area contributed by atoms with Crippen molar-refractivity contribution in [3.63, 3.8) is 0 Å². The lowest BCUT2D eigenvalue weighted by Crippen LogP contribution is -2.01. The van der Waals surface area contributed by atoms with Gasteiger partial charge in [0.2, 0.25) is 5.95 Å². The molecule has 0 radical (unpaired) electrons. The number of thiophene rings is 1. The summed E-state index contributed by atoms with van der Waals surface area (Å²) in [6.07, 6.45) is 0. The summed E-state index contributed by atoms with van der Waals surface area (Å²) in [7, 11) is 1.79. The smallest absolute Gasteiger partial charge is 0.225 e. The van der Waals surface area contributed by atoms with Crippen LogP contribution in [0.4, 0.5) is 17.5 Å². The Morgan fingerprint density at radius 3 is 2.71 bits per heavy atom. The summed E-state index contributed by atoms with van der Waals surface area (Å²) >= 11 is 13.8. The molecule has 3 rings (SSSR count). The lowest BCUT2D eigenvalue weighted by Gasteiger charge is -2.10. The van der Waals surface area contributed by atoms with Gasteiger partial charge in [-0.3, -0.25) is 0 Å². The number of rotatable bonds is 3. The topological polar surface area (TPSA) is 49.8 Å². The first-order valence-corrected chi connectivity index (χ1v) is 7.82. The van der Waals surface area contributed by atoms with Gasteiger partial charge in [0.05, 0.1) is 16.1 Å². The molecule has 2 N–H and O–H groups in total. The molecule has 0 saturated heterocycles. The molecule has 21 heavy (non-hydrogen) atoms. The number of anilines is 3. The van der Waals surface area contributed by atoms with E-state index in [0.717, 1.165) is 15.9 Å². The first kappa shape index (κ1) is 14.4. The second-order valence-electron chi connectivity index (χ2n) is 4.47. The molecule has 108 valence electrons. The third kappa shape index (κ3) is 2.90. The van der Waals surface area contributed by atoms with Crippen molar-refractivity contribution in [2.45, 2.75) is 6.92 Å². The molecular weight excluding hydrogens is 327 g/mol. The lowest BCUT2D eigenvalue weighted by atomic mass is 10.3. The van der Waals surface area contributed by atoms with Crippen LogP contribution >= 0.6 is 34.5 Å². The fourth-order valence-electron chi connectivity index (χ4n) is 1.97. The zero-order valence-electron chi connectivity index (χ0n) is 11.4. The molecule has 7 heteroatoms. The van der Waals surface area contributed by atoms with Crippen LogP contribution in [-0.2, 0) is 0 Å². The van der Waals surface area contributed by atoms with Gasteiger partial charge in [-0.2, -0.15) is 4.98 Å². The molecule has 0 aliphatic carbocycles. The number of fused-ring (bicyclic) bond motifs is 1. The van der Waals surface area contributed by atoms with Gasteiger partial charge < -0.3 is 10.6 Å². The van der Waals surface area contributed by atoms with E-state index in [1.165, 1.54) is 4.88 Å². The number of hydrogen-bond donors (Lipinski definition) is 2. The zero-order chi connectivity index (χ0) is 15.0. The fourth-order valence-corrected chi connectivity index (χ4v) is 3.19. The van der Waals surface area contributed by atoms with Crippen LogP contribution in [0.2, 0.25) is 10.0 Å². The van der Waals surface area contributed by atoms with E-state index in [-0.39, 0.29) is 0 Å². The number of hydrogen-bond acceptors (Lipinski definition) is 5.